The second-order valence-corrected chi connectivity index (χ2v) is 5.14. The summed E-state index contributed by atoms with van der Waals surface area (Å²) in [7, 11) is 0. The second-order valence-electron chi connectivity index (χ2n) is 5.14. The maximum atomic E-state index is 12.0. The Labute approximate surface area is 134 Å². The molecule has 23 heavy (non-hydrogen) atoms. The minimum atomic E-state index is -0.560. The second kappa shape index (κ2) is 6.27. The van der Waals surface area contributed by atoms with E-state index in [4.69, 9.17) is 11.5 Å². The zero-order valence-electron chi connectivity index (χ0n) is 12.4. The highest BCUT2D eigenvalue weighted by Gasteiger charge is 2.19. The normalized spacial score (nSPS) is 10.4. The van der Waals surface area contributed by atoms with Crippen molar-refractivity contribution in [3.63, 3.8) is 0 Å². The van der Waals surface area contributed by atoms with Gasteiger partial charge in [-0.15, -0.1) is 0 Å². The van der Waals surface area contributed by atoms with Crippen molar-refractivity contribution >= 4 is 11.9 Å². The molecule has 0 saturated heterocycles. The number of carbonyl (C=O) groups excluding carboxylic acids is 1. The Bertz CT molecular complexity index is 832. The monoisotopic (exact) mass is 304 g/mol. The van der Waals surface area contributed by atoms with Crippen molar-refractivity contribution in [1.82, 2.24) is 9.97 Å². The number of aromatic nitrogens is 2. The third kappa shape index (κ3) is 3.18. The highest BCUT2D eigenvalue weighted by molar-refractivity contribution is 6.00. The van der Waals surface area contributed by atoms with E-state index in [2.05, 4.69) is 9.97 Å². The minimum Gasteiger partial charge on any atom is -0.368 e. The standard InChI is InChI=1S/C18H16N4O/c19-17(23)15-14(11-12-7-3-1-4-8-12)21-18(20)22-16(15)13-9-5-2-6-10-13/h1-10H,11H2,(H2,19,23)(H2,20,21,22). The molecule has 5 heteroatoms. The zero-order valence-corrected chi connectivity index (χ0v) is 12.4. The number of hydrogen-bond donors (Lipinski definition) is 2. The van der Waals surface area contributed by atoms with Gasteiger partial charge in [-0.2, -0.15) is 0 Å². The summed E-state index contributed by atoms with van der Waals surface area (Å²) in [6.45, 7) is 0. The molecule has 0 spiro atoms. The van der Waals surface area contributed by atoms with Crippen molar-refractivity contribution in [2.45, 2.75) is 6.42 Å². The van der Waals surface area contributed by atoms with Gasteiger partial charge in [0, 0.05) is 12.0 Å². The molecule has 0 saturated carbocycles. The van der Waals surface area contributed by atoms with Crippen LogP contribution in [0.2, 0.25) is 0 Å². The molecule has 0 fully saturated rings. The molecule has 1 aromatic heterocycles. The first kappa shape index (κ1) is 14.7. The minimum absolute atomic E-state index is 0.125. The molecule has 5 nitrogen and oxygen atoms in total. The van der Waals surface area contributed by atoms with Gasteiger partial charge in [-0.05, 0) is 5.56 Å². The molecular formula is C18H16N4O. The van der Waals surface area contributed by atoms with Crippen LogP contribution in [0.15, 0.2) is 60.7 Å². The average molecular weight is 304 g/mol. The van der Waals surface area contributed by atoms with Gasteiger partial charge in [0.25, 0.3) is 5.91 Å². The summed E-state index contributed by atoms with van der Waals surface area (Å²) in [5.41, 5.74) is 14.6. The first-order valence-corrected chi connectivity index (χ1v) is 7.20. The van der Waals surface area contributed by atoms with Gasteiger partial charge in [0.1, 0.15) is 0 Å². The molecule has 1 amide bonds. The molecule has 0 bridgehead atoms. The molecule has 0 aliphatic heterocycles. The van der Waals surface area contributed by atoms with Crippen molar-refractivity contribution in [1.29, 1.82) is 0 Å². The predicted molar refractivity (Wildman–Crippen MR) is 89.6 cm³/mol. The smallest absolute Gasteiger partial charge is 0.252 e. The van der Waals surface area contributed by atoms with Crippen molar-refractivity contribution in [2.75, 3.05) is 5.73 Å². The fraction of sp³-hybridized carbons (Fsp3) is 0.0556. The van der Waals surface area contributed by atoms with E-state index in [9.17, 15) is 4.79 Å². The molecule has 0 atom stereocenters. The van der Waals surface area contributed by atoms with Crippen LogP contribution in [0.25, 0.3) is 11.3 Å². The summed E-state index contributed by atoms with van der Waals surface area (Å²) >= 11 is 0. The number of hydrogen-bond acceptors (Lipinski definition) is 4. The highest BCUT2D eigenvalue weighted by Crippen LogP contribution is 2.25. The number of anilines is 1. The van der Waals surface area contributed by atoms with Gasteiger partial charge >= 0.3 is 0 Å². The van der Waals surface area contributed by atoms with E-state index in [0.717, 1.165) is 11.1 Å². The number of amides is 1. The first-order valence-electron chi connectivity index (χ1n) is 7.20. The lowest BCUT2D eigenvalue weighted by Gasteiger charge is -2.12. The van der Waals surface area contributed by atoms with Crippen LogP contribution >= 0.6 is 0 Å². The molecule has 0 aliphatic carbocycles. The van der Waals surface area contributed by atoms with Gasteiger partial charge in [0.2, 0.25) is 5.95 Å². The van der Waals surface area contributed by atoms with Crippen LogP contribution in [-0.2, 0) is 6.42 Å². The summed E-state index contributed by atoms with van der Waals surface area (Å²) in [6.07, 6.45) is 0.464. The lowest BCUT2D eigenvalue weighted by molar-refractivity contribution is 0.0999. The molecule has 4 N–H and O–H groups in total. The lowest BCUT2D eigenvalue weighted by atomic mass is 10.00. The van der Waals surface area contributed by atoms with Gasteiger partial charge in [-0.25, -0.2) is 9.97 Å². The number of rotatable bonds is 4. The van der Waals surface area contributed by atoms with Gasteiger partial charge in [-0.1, -0.05) is 60.7 Å². The Morgan fingerprint density at radius 1 is 0.913 bits per heavy atom. The molecule has 3 rings (SSSR count). The van der Waals surface area contributed by atoms with E-state index >= 15 is 0 Å². The fourth-order valence-corrected chi connectivity index (χ4v) is 2.51. The van der Waals surface area contributed by atoms with Crippen LogP contribution in [0.1, 0.15) is 21.6 Å². The SMILES string of the molecule is NC(=O)c1c(Cc2ccccc2)nc(N)nc1-c1ccccc1. The molecule has 2 aromatic carbocycles. The van der Waals surface area contributed by atoms with Crippen LogP contribution in [-0.4, -0.2) is 15.9 Å². The highest BCUT2D eigenvalue weighted by atomic mass is 16.1. The summed E-state index contributed by atoms with van der Waals surface area (Å²) in [4.78, 5) is 20.5. The Morgan fingerprint density at radius 3 is 2.13 bits per heavy atom. The van der Waals surface area contributed by atoms with Gasteiger partial charge in [0.05, 0.1) is 17.0 Å². The van der Waals surface area contributed by atoms with Gasteiger partial charge < -0.3 is 11.5 Å². The quantitative estimate of drug-likeness (QED) is 0.773. The summed E-state index contributed by atoms with van der Waals surface area (Å²) in [6, 6.07) is 19.1. The predicted octanol–water partition coefficient (Wildman–Crippen LogP) is 2.42. The number of benzene rings is 2. The Kier molecular flexibility index (Phi) is 4.01. The molecule has 0 radical (unpaired) electrons. The largest absolute Gasteiger partial charge is 0.368 e. The van der Waals surface area contributed by atoms with E-state index in [1.165, 1.54) is 0 Å². The summed E-state index contributed by atoms with van der Waals surface area (Å²) < 4.78 is 0. The van der Waals surface area contributed by atoms with Crippen LogP contribution in [0, 0.1) is 0 Å². The van der Waals surface area contributed by atoms with Crippen molar-refractivity contribution in [2.24, 2.45) is 5.73 Å². The van der Waals surface area contributed by atoms with Crippen LogP contribution in [0.5, 0.6) is 0 Å². The van der Waals surface area contributed by atoms with E-state index in [0.29, 0.717) is 23.4 Å². The number of primary amides is 1. The number of carbonyl (C=O) groups is 1. The summed E-state index contributed by atoms with van der Waals surface area (Å²) in [5.74, 6) is -0.436. The van der Waals surface area contributed by atoms with Crippen molar-refractivity contribution < 1.29 is 4.79 Å². The zero-order chi connectivity index (χ0) is 16.2. The molecule has 1 heterocycles. The van der Waals surface area contributed by atoms with Crippen LogP contribution < -0.4 is 11.5 Å². The van der Waals surface area contributed by atoms with E-state index in [-0.39, 0.29) is 5.95 Å². The van der Waals surface area contributed by atoms with Gasteiger partial charge in [0.15, 0.2) is 0 Å². The fourth-order valence-electron chi connectivity index (χ4n) is 2.51. The lowest BCUT2D eigenvalue weighted by Crippen LogP contribution is -2.19. The van der Waals surface area contributed by atoms with E-state index in [1.807, 2.05) is 60.7 Å². The average Bonchev–Trinajstić information content (AvgIpc) is 2.55. The molecule has 3 aromatic rings. The number of nitrogen functional groups attached to an aromatic ring is 1. The number of nitrogens with two attached hydrogens (primary N) is 2. The Balaban J connectivity index is 2.16. The molecule has 0 aliphatic rings. The number of nitrogens with zero attached hydrogens (tertiary/aromatic N) is 2. The summed E-state index contributed by atoms with van der Waals surface area (Å²) in [5, 5.41) is 0. The molecule has 0 unspecified atom stereocenters. The van der Waals surface area contributed by atoms with Gasteiger partial charge in [-0.3, -0.25) is 4.79 Å². The van der Waals surface area contributed by atoms with E-state index in [1.54, 1.807) is 0 Å². The third-order valence-electron chi connectivity index (χ3n) is 3.51. The maximum Gasteiger partial charge on any atom is 0.252 e. The molecular weight excluding hydrogens is 288 g/mol. The molecule has 114 valence electrons. The third-order valence-corrected chi connectivity index (χ3v) is 3.51. The first-order chi connectivity index (χ1) is 11.1. The Hall–Kier alpha value is -3.21. The maximum absolute atomic E-state index is 12.0. The van der Waals surface area contributed by atoms with Crippen LogP contribution in [0.4, 0.5) is 5.95 Å². The van der Waals surface area contributed by atoms with E-state index < -0.39 is 5.91 Å². The van der Waals surface area contributed by atoms with Crippen molar-refractivity contribution in [3.8, 4) is 11.3 Å². The van der Waals surface area contributed by atoms with Crippen molar-refractivity contribution in [3.05, 3.63) is 77.5 Å². The Morgan fingerprint density at radius 2 is 1.52 bits per heavy atom. The van der Waals surface area contributed by atoms with Crippen LogP contribution in [0.3, 0.4) is 0 Å². The topological polar surface area (TPSA) is 94.9 Å².